The predicted molar refractivity (Wildman–Crippen MR) is 149 cm³/mol. The van der Waals surface area contributed by atoms with Crippen molar-refractivity contribution in [3.8, 4) is 5.75 Å². The highest BCUT2D eigenvalue weighted by Gasteiger charge is 2.32. The second-order valence-electron chi connectivity index (χ2n) is 8.18. The summed E-state index contributed by atoms with van der Waals surface area (Å²) in [6.07, 6.45) is 7.77. The Labute approximate surface area is 226 Å². The molecular formula is C29H36F3NO4S. The highest BCUT2D eigenvalue weighted by Crippen LogP contribution is 2.29. The number of carbonyl (C=O) groups is 1. The fraction of sp³-hybridized carbons (Fsp3) is 0.345. The summed E-state index contributed by atoms with van der Waals surface area (Å²) in [5.74, 6) is 0.0214. The molecule has 1 atom stereocenters. The lowest BCUT2D eigenvalue weighted by molar-refractivity contribution is -0.139. The molecular weight excluding hydrogens is 515 g/mol. The third-order valence-electron chi connectivity index (χ3n) is 5.55. The molecule has 0 radical (unpaired) electrons. The van der Waals surface area contributed by atoms with Gasteiger partial charge in [-0.05, 0) is 48.3 Å². The Hall–Kier alpha value is -3.17. The maximum atomic E-state index is 13.9. The Morgan fingerprint density at radius 1 is 1.18 bits per heavy atom. The standard InChI is InChI=1S/C29H36F3NO4S/c1-7-11-22(8-2)16-17-33(38(6)35)21-23(9-3)19-26(29(30,31)32)13-10-12-25-18-24(20-28(34)37-5)14-15-27(25)36-4/h7-8,10-15,18-19H,1-2,9,16-17,20-21H2,3-6H3/b12-10+,22-11+,23-19+,26-13+. The number of benzene rings is 1. The maximum absolute atomic E-state index is 13.9. The van der Waals surface area contributed by atoms with Crippen LogP contribution in [0.2, 0.25) is 0 Å². The van der Waals surface area contributed by atoms with E-state index < -0.39 is 28.7 Å². The van der Waals surface area contributed by atoms with Crippen LogP contribution in [0.4, 0.5) is 13.2 Å². The van der Waals surface area contributed by atoms with Gasteiger partial charge >= 0.3 is 12.1 Å². The van der Waals surface area contributed by atoms with Crippen molar-refractivity contribution in [2.45, 2.75) is 32.4 Å². The molecule has 0 amide bonds. The zero-order valence-corrected chi connectivity index (χ0v) is 23.2. The molecule has 1 aromatic carbocycles. The van der Waals surface area contributed by atoms with Gasteiger partial charge in [-0.15, -0.1) is 0 Å². The summed E-state index contributed by atoms with van der Waals surface area (Å²) in [7, 11) is 1.35. The van der Waals surface area contributed by atoms with Crippen LogP contribution in [0, 0.1) is 0 Å². The minimum Gasteiger partial charge on any atom is -0.496 e. The second kappa shape index (κ2) is 16.6. The Bertz CT molecular complexity index is 1120. The van der Waals surface area contributed by atoms with Crippen LogP contribution in [0.3, 0.4) is 0 Å². The summed E-state index contributed by atoms with van der Waals surface area (Å²) in [5, 5.41) is 0. The molecule has 1 aromatic rings. The topological polar surface area (TPSA) is 55.8 Å². The smallest absolute Gasteiger partial charge is 0.416 e. The van der Waals surface area contributed by atoms with Gasteiger partial charge in [0.1, 0.15) is 5.75 Å². The number of halogens is 3. The van der Waals surface area contributed by atoms with Crippen molar-refractivity contribution in [3.63, 3.8) is 0 Å². The van der Waals surface area contributed by atoms with E-state index in [2.05, 4.69) is 17.9 Å². The highest BCUT2D eigenvalue weighted by molar-refractivity contribution is 7.81. The Balaban J connectivity index is 3.26. The number of esters is 1. The van der Waals surface area contributed by atoms with Crippen molar-refractivity contribution in [3.05, 3.63) is 95.7 Å². The van der Waals surface area contributed by atoms with E-state index >= 15 is 0 Å². The summed E-state index contributed by atoms with van der Waals surface area (Å²) in [6, 6.07) is 4.99. The summed E-state index contributed by atoms with van der Waals surface area (Å²) >= 11 is 0. The molecule has 208 valence electrons. The Morgan fingerprint density at radius 2 is 1.89 bits per heavy atom. The SMILES string of the molecule is C=C/C=C(\C=C)CCN(C/C(=C/C(=C\C=C\c1cc(CC(=O)OC)ccc1OC)C(F)(F)F)CC)S(C)=O. The number of nitrogens with zero attached hydrogens (tertiary/aromatic N) is 1. The zero-order valence-electron chi connectivity index (χ0n) is 22.3. The van der Waals surface area contributed by atoms with Crippen LogP contribution >= 0.6 is 0 Å². The van der Waals surface area contributed by atoms with Crippen molar-refractivity contribution < 1.29 is 31.6 Å². The molecule has 0 spiro atoms. The van der Waals surface area contributed by atoms with Gasteiger partial charge in [0.15, 0.2) is 0 Å². The number of allylic oxidation sites excluding steroid dienone is 7. The van der Waals surface area contributed by atoms with E-state index in [9.17, 15) is 22.2 Å². The molecule has 38 heavy (non-hydrogen) atoms. The monoisotopic (exact) mass is 551 g/mol. The molecule has 0 saturated carbocycles. The van der Waals surface area contributed by atoms with Crippen molar-refractivity contribution in [2.75, 3.05) is 33.6 Å². The van der Waals surface area contributed by atoms with Crippen molar-refractivity contribution >= 4 is 23.0 Å². The molecule has 0 bridgehead atoms. The first kappa shape index (κ1) is 32.9. The van der Waals surface area contributed by atoms with Crippen LogP contribution in [0.5, 0.6) is 5.75 Å². The maximum Gasteiger partial charge on any atom is 0.416 e. The van der Waals surface area contributed by atoms with E-state index in [0.29, 0.717) is 41.8 Å². The summed E-state index contributed by atoms with van der Waals surface area (Å²) in [6.45, 7) is 9.66. The van der Waals surface area contributed by atoms with Gasteiger partial charge < -0.3 is 9.47 Å². The molecule has 0 aliphatic heterocycles. The van der Waals surface area contributed by atoms with Crippen molar-refractivity contribution in [1.82, 2.24) is 4.31 Å². The number of alkyl halides is 3. The molecule has 9 heteroatoms. The zero-order chi connectivity index (χ0) is 28.7. The first-order chi connectivity index (χ1) is 18.0. The molecule has 0 heterocycles. The van der Waals surface area contributed by atoms with E-state index in [1.165, 1.54) is 32.6 Å². The van der Waals surface area contributed by atoms with Gasteiger partial charge in [0.25, 0.3) is 0 Å². The molecule has 0 aliphatic carbocycles. The number of ether oxygens (including phenoxy) is 2. The van der Waals surface area contributed by atoms with Gasteiger partial charge in [-0.3, -0.25) is 4.79 Å². The van der Waals surface area contributed by atoms with Gasteiger partial charge in [-0.25, -0.2) is 8.51 Å². The van der Waals surface area contributed by atoms with E-state index in [1.54, 1.807) is 47.7 Å². The third kappa shape index (κ3) is 11.5. The minimum absolute atomic E-state index is 0.0283. The van der Waals surface area contributed by atoms with Gasteiger partial charge in [0.2, 0.25) is 0 Å². The van der Waals surface area contributed by atoms with Crippen LogP contribution in [-0.4, -0.2) is 54.2 Å². The molecule has 1 unspecified atom stereocenters. The van der Waals surface area contributed by atoms with Crippen LogP contribution in [0.1, 0.15) is 30.9 Å². The lowest BCUT2D eigenvalue weighted by Crippen LogP contribution is -2.29. The molecule has 0 N–H and O–H groups in total. The van der Waals surface area contributed by atoms with Crippen LogP contribution in [0.15, 0.2) is 84.5 Å². The molecule has 0 aliphatic rings. The quantitative estimate of drug-likeness (QED) is 0.184. The fourth-order valence-corrected chi connectivity index (χ4v) is 4.10. The minimum atomic E-state index is -4.60. The number of methoxy groups -OCH3 is 2. The largest absolute Gasteiger partial charge is 0.496 e. The van der Waals surface area contributed by atoms with Gasteiger partial charge in [-0.1, -0.05) is 62.1 Å². The van der Waals surface area contributed by atoms with Gasteiger partial charge in [0.05, 0.1) is 37.2 Å². The summed E-state index contributed by atoms with van der Waals surface area (Å²) in [5.41, 5.74) is 1.70. The predicted octanol–water partition coefficient (Wildman–Crippen LogP) is 6.53. The Kier molecular flexibility index (Phi) is 14.4. The van der Waals surface area contributed by atoms with Crippen LogP contribution in [0.25, 0.3) is 6.08 Å². The first-order valence-corrected chi connectivity index (χ1v) is 13.4. The molecule has 5 nitrogen and oxygen atoms in total. The third-order valence-corrected chi connectivity index (χ3v) is 6.59. The van der Waals surface area contributed by atoms with Gasteiger partial charge in [0, 0.05) is 24.9 Å². The fourth-order valence-electron chi connectivity index (χ4n) is 3.41. The molecule has 1 rings (SSSR count). The van der Waals surface area contributed by atoms with E-state index in [-0.39, 0.29) is 13.0 Å². The van der Waals surface area contributed by atoms with E-state index in [4.69, 9.17) is 4.74 Å². The normalized spacial score (nSPS) is 14.1. The molecule has 0 saturated heterocycles. The van der Waals surface area contributed by atoms with Crippen LogP contribution < -0.4 is 4.74 Å². The van der Waals surface area contributed by atoms with Crippen molar-refractivity contribution in [1.29, 1.82) is 0 Å². The molecule has 0 aromatic heterocycles. The number of hydrogen-bond acceptors (Lipinski definition) is 4. The van der Waals surface area contributed by atoms with Gasteiger partial charge in [-0.2, -0.15) is 13.2 Å². The second-order valence-corrected chi connectivity index (χ2v) is 9.55. The number of hydrogen-bond donors (Lipinski definition) is 0. The number of rotatable bonds is 15. The number of carbonyl (C=O) groups excluding carboxylic acids is 1. The summed E-state index contributed by atoms with van der Waals surface area (Å²) < 4.78 is 65.6. The Morgan fingerprint density at radius 3 is 2.42 bits per heavy atom. The summed E-state index contributed by atoms with van der Waals surface area (Å²) in [4.78, 5) is 11.6. The van der Waals surface area contributed by atoms with Crippen LogP contribution in [-0.2, 0) is 26.9 Å². The lowest BCUT2D eigenvalue weighted by Gasteiger charge is -2.21. The first-order valence-electron chi connectivity index (χ1n) is 11.9. The van der Waals surface area contributed by atoms with Crippen molar-refractivity contribution in [2.24, 2.45) is 0 Å². The average molecular weight is 552 g/mol. The molecule has 0 fully saturated rings. The van der Waals surface area contributed by atoms with E-state index in [1.807, 2.05) is 0 Å². The highest BCUT2D eigenvalue weighted by atomic mass is 32.2. The van der Waals surface area contributed by atoms with E-state index in [0.717, 1.165) is 17.7 Å². The lowest BCUT2D eigenvalue weighted by atomic mass is 10.1. The average Bonchev–Trinajstić information content (AvgIpc) is 2.87.